The van der Waals surface area contributed by atoms with Crippen molar-refractivity contribution in [2.24, 2.45) is 0 Å². The van der Waals surface area contributed by atoms with Crippen LogP contribution in [-0.4, -0.2) is 11.0 Å². The summed E-state index contributed by atoms with van der Waals surface area (Å²) in [6.45, 7) is 3.79. The molecule has 104 valence electrons. The maximum Gasteiger partial charge on any atom is 0.319 e. The molecule has 0 aliphatic rings. The summed E-state index contributed by atoms with van der Waals surface area (Å²) >= 11 is 5.88. The van der Waals surface area contributed by atoms with Crippen LogP contribution in [0, 0.1) is 0 Å². The lowest BCUT2D eigenvalue weighted by Gasteiger charge is -2.25. The Morgan fingerprint density at radius 3 is 2.65 bits per heavy atom. The molecule has 2 rings (SSSR count). The number of aromatic nitrogens is 1. The maximum absolute atomic E-state index is 12.0. The molecular weight excluding hydrogens is 274 g/mol. The first-order valence-corrected chi connectivity index (χ1v) is 6.61. The van der Waals surface area contributed by atoms with Gasteiger partial charge in [0.1, 0.15) is 0 Å². The summed E-state index contributed by atoms with van der Waals surface area (Å²) in [6.07, 6.45) is 1.70. The first kappa shape index (κ1) is 14.3. The molecule has 0 atom stereocenters. The van der Waals surface area contributed by atoms with E-state index < -0.39 is 5.54 Å². The predicted molar refractivity (Wildman–Crippen MR) is 80.9 cm³/mol. The van der Waals surface area contributed by atoms with Gasteiger partial charge in [0, 0.05) is 16.9 Å². The van der Waals surface area contributed by atoms with E-state index in [0.29, 0.717) is 10.7 Å². The summed E-state index contributed by atoms with van der Waals surface area (Å²) in [5, 5.41) is 6.21. The standard InChI is InChI=1S/C15H16ClN3O/c1-15(2,13-8-3-4-9-17-13)19-14(20)18-12-7-5-6-11(16)10-12/h3-10H,1-2H3,(H2,18,19,20). The van der Waals surface area contributed by atoms with Crippen LogP contribution in [0.4, 0.5) is 10.5 Å². The van der Waals surface area contributed by atoms with E-state index in [1.807, 2.05) is 32.0 Å². The summed E-state index contributed by atoms with van der Waals surface area (Å²) in [5.41, 5.74) is 0.872. The van der Waals surface area contributed by atoms with Gasteiger partial charge < -0.3 is 10.6 Å². The van der Waals surface area contributed by atoms with Gasteiger partial charge in [-0.15, -0.1) is 0 Å². The van der Waals surface area contributed by atoms with Gasteiger partial charge in [-0.3, -0.25) is 4.98 Å². The summed E-state index contributed by atoms with van der Waals surface area (Å²) in [6, 6.07) is 12.3. The van der Waals surface area contributed by atoms with E-state index in [2.05, 4.69) is 15.6 Å². The fourth-order valence-electron chi connectivity index (χ4n) is 1.81. The number of pyridine rings is 1. The molecule has 20 heavy (non-hydrogen) atoms. The second kappa shape index (κ2) is 5.92. The van der Waals surface area contributed by atoms with Crippen molar-refractivity contribution in [3.8, 4) is 0 Å². The lowest BCUT2D eigenvalue weighted by atomic mass is 10.0. The van der Waals surface area contributed by atoms with Gasteiger partial charge in [-0.25, -0.2) is 4.79 Å². The second-order valence-electron chi connectivity index (χ2n) is 4.93. The van der Waals surface area contributed by atoms with E-state index in [0.717, 1.165) is 5.69 Å². The number of carbonyl (C=O) groups is 1. The molecule has 2 aromatic rings. The Morgan fingerprint density at radius 1 is 1.20 bits per heavy atom. The van der Waals surface area contributed by atoms with Crippen LogP contribution in [0.25, 0.3) is 0 Å². The molecule has 1 aromatic heterocycles. The van der Waals surface area contributed by atoms with Crippen LogP contribution in [0.15, 0.2) is 48.7 Å². The van der Waals surface area contributed by atoms with E-state index in [1.165, 1.54) is 0 Å². The van der Waals surface area contributed by atoms with Gasteiger partial charge in [0.2, 0.25) is 0 Å². The lowest BCUT2D eigenvalue weighted by molar-refractivity contribution is 0.241. The normalized spacial score (nSPS) is 10.9. The average Bonchev–Trinajstić information content (AvgIpc) is 2.39. The van der Waals surface area contributed by atoms with Crippen molar-refractivity contribution in [2.45, 2.75) is 19.4 Å². The number of urea groups is 1. The summed E-state index contributed by atoms with van der Waals surface area (Å²) in [7, 11) is 0. The minimum absolute atomic E-state index is 0.303. The van der Waals surface area contributed by atoms with Crippen LogP contribution in [-0.2, 0) is 5.54 Å². The molecule has 0 saturated carbocycles. The average molecular weight is 290 g/mol. The molecule has 0 aliphatic carbocycles. The third kappa shape index (κ3) is 3.71. The molecule has 1 aromatic carbocycles. The minimum atomic E-state index is -0.566. The van der Waals surface area contributed by atoms with Gasteiger partial charge in [0.15, 0.2) is 0 Å². The number of rotatable bonds is 3. The number of nitrogens with zero attached hydrogens (tertiary/aromatic N) is 1. The number of benzene rings is 1. The van der Waals surface area contributed by atoms with Crippen LogP contribution in [0.3, 0.4) is 0 Å². The van der Waals surface area contributed by atoms with Gasteiger partial charge in [0.25, 0.3) is 0 Å². The van der Waals surface area contributed by atoms with Gasteiger partial charge in [-0.1, -0.05) is 23.7 Å². The van der Waals surface area contributed by atoms with Crippen molar-refractivity contribution in [1.29, 1.82) is 0 Å². The number of hydrogen-bond donors (Lipinski definition) is 2. The van der Waals surface area contributed by atoms with Crippen LogP contribution in [0.5, 0.6) is 0 Å². The zero-order valence-corrected chi connectivity index (χ0v) is 12.1. The fourth-order valence-corrected chi connectivity index (χ4v) is 2.00. The molecule has 0 bridgehead atoms. The van der Waals surface area contributed by atoms with Crippen LogP contribution in [0.1, 0.15) is 19.5 Å². The molecule has 5 heteroatoms. The Bertz CT molecular complexity index is 599. The lowest BCUT2D eigenvalue weighted by Crippen LogP contribution is -2.43. The SMILES string of the molecule is CC(C)(NC(=O)Nc1cccc(Cl)c1)c1ccccn1. The highest BCUT2D eigenvalue weighted by atomic mass is 35.5. The van der Waals surface area contributed by atoms with Crippen molar-refractivity contribution >= 4 is 23.3 Å². The van der Waals surface area contributed by atoms with Crippen molar-refractivity contribution in [3.05, 3.63) is 59.4 Å². The number of nitrogens with one attached hydrogen (secondary N) is 2. The summed E-state index contributed by atoms with van der Waals surface area (Å²) in [4.78, 5) is 16.3. The second-order valence-corrected chi connectivity index (χ2v) is 5.37. The Balaban J connectivity index is 2.04. The molecule has 0 radical (unpaired) electrons. The number of hydrogen-bond acceptors (Lipinski definition) is 2. The van der Waals surface area contributed by atoms with E-state index in [-0.39, 0.29) is 6.03 Å². The fraction of sp³-hybridized carbons (Fsp3) is 0.200. The molecule has 1 heterocycles. The zero-order valence-electron chi connectivity index (χ0n) is 11.4. The number of carbonyl (C=O) groups excluding carboxylic acids is 1. The van der Waals surface area contributed by atoms with Crippen molar-refractivity contribution < 1.29 is 4.79 Å². The topological polar surface area (TPSA) is 54.0 Å². The highest BCUT2D eigenvalue weighted by molar-refractivity contribution is 6.30. The van der Waals surface area contributed by atoms with E-state index in [9.17, 15) is 4.79 Å². The van der Waals surface area contributed by atoms with E-state index in [4.69, 9.17) is 11.6 Å². The molecular formula is C15H16ClN3O. The Morgan fingerprint density at radius 2 is 2.00 bits per heavy atom. The summed E-state index contributed by atoms with van der Waals surface area (Å²) in [5.74, 6) is 0. The quantitative estimate of drug-likeness (QED) is 0.903. The van der Waals surface area contributed by atoms with Crippen molar-refractivity contribution in [1.82, 2.24) is 10.3 Å². The predicted octanol–water partition coefficient (Wildman–Crippen LogP) is 3.79. The number of halogens is 1. The molecule has 2 amide bonds. The van der Waals surface area contributed by atoms with Gasteiger partial charge in [0.05, 0.1) is 11.2 Å². The van der Waals surface area contributed by atoms with Crippen LogP contribution >= 0.6 is 11.6 Å². The zero-order chi connectivity index (χ0) is 14.6. The van der Waals surface area contributed by atoms with Gasteiger partial charge in [-0.2, -0.15) is 0 Å². The first-order valence-electron chi connectivity index (χ1n) is 6.23. The molecule has 0 saturated heterocycles. The minimum Gasteiger partial charge on any atom is -0.327 e. The van der Waals surface area contributed by atoms with Gasteiger partial charge in [-0.05, 0) is 44.2 Å². The Labute approximate surface area is 123 Å². The molecule has 0 spiro atoms. The van der Waals surface area contributed by atoms with E-state index in [1.54, 1.807) is 30.5 Å². The largest absolute Gasteiger partial charge is 0.327 e. The summed E-state index contributed by atoms with van der Waals surface area (Å²) < 4.78 is 0. The molecule has 0 fully saturated rings. The first-order chi connectivity index (χ1) is 9.47. The Hall–Kier alpha value is -2.07. The van der Waals surface area contributed by atoms with Crippen molar-refractivity contribution in [2.75, 3.05) is 5.32 Å². The maximum atomic E-state index is 12.0. The highest BCUT2D eigenvalue weighted by Gasteiger charge is 2.23. The molecule has 4 nitrogen and oxygen atoms in total. The molecule has 2 N–H and O–H groups in total. The van der Waals surface area contributed by atoms with Gasteiger partial charge >= 0.3 is 6.03 Å². The smallest absolute Gasteiger partial charge is 0.319 e. The number of amides is 2. The van der Waals surface area contributed by atoms with Crippen LogP contribution < -0.4 is 10.6 Å². The molecule has 0 aliphatic heterocycles. The Kier molecular flexibility index (Phi) is 4.25. The van der Waals surface area contributed by atoms with E-state index >= 15 is 0 Å². The monoisotopic (exact) mass is 289 g/mol. The van der Waals surface area contributed by atoms with Crippen LogP contribution in [0.2, 0.25) is 5.02 Å². The third-order valence-electron chi connectivity index (χ3n) is 2.81. The number of anilines is 1. The van der Waals surface area contributed by atoms with Crippen molar-refractivity contribution in [3.63, 3.8) is 0 Å². The highest BCUT2D eigenvalue weighted by Crippen LogP contribution is 2.18. The third-order valence-corrected chi connectivity index (χ3v) is 3.05. The molecule has 0 unspecified atom stereocenters.